The van der Waals surface area contributed by atoms with E-state index in [1.54, 1.807) is 0 Å². The van der Waals surface area contributed by atoms with Crippen LogP contribution in [0, 0.1) is 6.92 Å². The van der Waals surface area contributed by atoms with Crippen molar-refractivity contribution in [3.63, 3.8) is 0 Å². The average Bonchev–Trinajstić information content (AvgIpc) is 2.62. The summed E-state index contributed by atoms with van der Waals surface area (Å²) >= 11 is 0. The second-order valence-corrected chi connectivity index (χ2v) is 7.51. The first-order valence-electron chi connectivity index (χ1n) is 9.66. The van der Waals surface area contributed by atoms with Crippen molar-refractivity contribution in [3.05, 3.63) is 29.2 Å². The third kappa shape index (κ3) is 5.25. The van der Waals surface area contributed by atoms with E-state index >= 15 is 0 Å². The van der Waals surface area contributed by atoms with Crippen LogP contribution in [0.15, 0.2) is 17.7 Å². The van der Waals surface area contributed by atoms with Gasteiger partial charge in [0.05, 0.1) is 18.9 Å². The molecule has 5 nitrogen and oxygen atoms in total. The lowest BCUT2D eigenvalue weighted by atomic mass is 9.94. The number of ether oxygens (including phenoxy) is 1. The van der Waals surface area contributed by atoms with E-state index in [1.807, 2.05) is 6.92 Å². The zero-order chi connectivity index (χ0) is 17.6. The van der Waals surface area contributed by atoms with E-state index in [9.17, 15) is 0 Å². The Morgan fingerprint density at radius 2 is 2.04 bits per heavy atom. The van der Waals surface area contributed by atoms with Gasteiger partial charge in [0.15, 0.2) is 0 Å². The summed E-state index contributed by atoms with van der Waals surface area (Å²) in [6, 6.07) is 2.22. The topological polar surface area (TPSA) is 41.5 Å². The highest BCUT2D eigenvalue weighted by Crippen LogP contribution is 2.28. The van der Waals surface area contributed by atoms with E-state index in [0.717, 1.165) is 57.5 Å². The predicted molar refractivity (Wildman–Crippen MR) is 102 cm³/mol. The minimum Gasteiger partial charge on any atom is -0.378 e. The second-order valence-electron chi connectivity index (χ2n) is 7.51. The zero-order valence-corrected chi connectivity index (χ0v) is 16.0. The van der Waals surface area contributed by atoms with Gasteiger partial charge in [0.1, 0.15) is 11.6 Å². The molecule has 5 heteroatoms. The van der Waals surface area contributed by atoms with E-state index in [0.29, 0.717) is 5.92 Å². The molecule has 0 spiro atoms. The van der Waals surface area contributed by atoms with Crippen molar-refractivity contribution < 1.29 is 4.74 Å². The van der Waals surface area contributed by atoms with Crippen molar-refractivity contribution in [2.75, 3.05) is 50.8 Å². The lowest BCUT2D eigenvalue weighted by Crippen LogP contribution is -2.37. The van der Waals surface area contributed by atoms with Crippen molar-refractivity contribution in [3.8, 4) is 0 Å². The number of hydrogen-bond acceptors (Lipinski definition) is 5. The summed E-state index contributed by atoms with van der Waals surface area (Å²) in [5, 5.41) is 0. The third-order valence-corrected chi connectivity index (χ3v) is 5.10. The van der Waals surface area contributed by atoms with E-state index in [2.05, 4.69) is 40.8 Å². The van der Waals surface area contributed by atoms with E-state index < -0.39 is 0 Å². The van der Waals surface area contributed by atoms with E-state index in [-0.39, 0.29) is 0 Å². The van der Waals surface area contributed by atoms with Gasteiger partial charge in [-0.15, -0.1) is 0 Å². The summed E-state index contributed by atoms with van der Waals surface area (Å²) in [5.41, 5.74) is 2.64. The van der Waals surface area contributed by atoms with Crippen LogP contribution in [0.25, 0.3) is 0 Å². The summed E-state index contributed by atoms with van der Waals surface area (Å²) in [6.45, 7) is 13.3. The Bertz CT molecular complexity index is 591. The van der Waals surface area contributed by atoms with Crippen molar-refractivity contribution in [2.45, 2.75) is 46.0 Å². The van der Waals surface area contributed by atoms with Gasteiger partial charge in [-0.05, 0) is 46.6 Å². The number of hydrogen-bond donors (Lipinski definition) is 0. The Hall–Kier alpha value is -1.46. The molecule has 0 N–H and O–H groups in total. The maximum Gasteiger partial charge on any atom is 0.132 e. The normalized spacial score (nSPS) is 22.0. The van der Waals surface area contributed by atoms with Gasteiger partial charge in [0, 0.05) is 38.2 Å². The summed E-state index contributed by atoms with van der Waals surface area (Å²) in [4.78, 5) is 14.4. The van der Waals surface area contributed by atoms with Crippen LogP contribution in [-0.4, -0.2) is 60.8 Å². The first-order valence-corrected chi connectivity index (χ1v) is 9.66. The Balaban J connectivity index is 1.67. The molecule has 25 heavy (non-hydrogen) atoms. The van der Waals surface area contributed by atoms with Crippen molar-refractivity contribution in [1.29, 1.82) is 0 Å². The molecule has 138 valence electrons. The molecule has 0 aromatic carbocycles. The highest BCUT2D eigenvalue weighted by atomic mass is 16.5. The minimum absolute atomic E-state index is 0.530. The zero-order valence-electron chi connectivity index (χ0n) is 16.0. The van der Waals surface area contributed by atoms with Crippen LogP contribution in [0.5, 0.6) is 0 Å². The molecule has 0 bridgehead atoms. The van der Waals surface area contributed by atoms with Crippen molar-refractivity contribution in [2.24, 2.45) is 0 Å². The summed E-state index contributed by atoms with van der Waals surface area (Å²) in [7, 11) is 0. The fourth-order valence-corrected chi connectivity index (χ4v) is 3.77. The Kier molecular flexibility index (Phi) is 6.43. The molecule has 1 aromatic heterocycles. The molecule has 0 amide bonds. The van der Waals surface area contributed by atoms with Crippen LogP contribution in [0.3, 0.4) is 0 Å². The largest absolute Gasteiger partial charge is 0.378 e. The molecule has 2 saturated heterocycles. The number of aryl methyl sites for hydroxylation is 1. The van der Waals surface area contributed by atoms with E-state index in [4.69, 9.17) is 9.72 Å². The number of morpholine rings is 1. The van der Waals surface area contributed by atoms with Gasteiger partial charge in [-0.25, -0.2) is 9.97 Å². The number of piperidine rings is 1. The maximum absolute atomic E-state index is 5.47. The summed E-state index contributed by atoms with van der Waals surface area (Å²) in [6.07, 6.45) is 5.99. The molecular weight excluding hydrogens is 312 g/mol. The predicted octanol–water partition coefficient (Wildman–Crippen LogP) is 3.16. The number of allylic oxidation sites excluding steroid dienone is 1. The molecule has 3 rings (SSSR count). The third-order valence-electron chi connectivity index (χ3n) is 5.10. The van der Waals surface area contributed by atoms with Crippen LogP contribution in [0.4, 0.5) is 5.82 Å². The quantitative estimate of drug-likeness (QED) is 0.768. The molecule has 2 aliphatic heterocycles. The van der Waals surface area contributed by atoms with Crippen molar-refractivity contribution >= 4 is 5.82 Å². The van der Waals surface area contributed by atoms with Crippen LogP contribution in [0.1, 0.15) is 50.5 Å². The molecule has 1 aromatic rings. The number of aromatic nitrogens is 2. The smallest absolute Gasteiger partial charge is 0.132 e. The SMILES string of the molecule is CC(C)=CCCN1CCC[C@H](c2cc(N3CCOCC3)nc(C)n2)C1. The minimum atomic E-state index is 0.530. The highest BCUT2D eigenvalue weighted by Gasteiger charge is 2.24. The lowest BCUT2D eigenvalue weighted by Gasteiger charge is -2.33. The van der Waals surface area contributed by atoms with Gasteiger partial charge in [0.2, 0.25) is 0 Å². The summed E-state index contributed by atoms with van der Waals surface area (Å²) in [5.74, 6) is 2.50. The lowest BCUT2D eigenvalue weighted by molar-refractivity contribution is 0.122. The van der Waals surface area contributed by atoms with Crippen LogP contribution < -0.4 is 4.90 Å². The van der Waals surface area contributed by atoms with Gasteiger partial charge in [-0.3, -0.25) is 0 Å². The van der Waals surface area contributed by atoms with E-state index in [1.165, 1.54) is 30.7 Å². The standard InChI is InChI=1S/C20H32N4O/c1-16(2)6-4-8-23-9-5-7-18(15-23)19-14-20(22-17(3)21-19)24-10-12-25-13-11-24/h6,14,18H,4-5,7-13,15H2,1-3H3/t18-/m0/s1. The number of rotatable bonds is 5. The molecule has 2 aliphatic rings. The Morgan fingerprint density at radius 1 is 1.24 bits per heavy atom. The first kappa shape index (κ1) is 18.3. The molecule has 3 heterocycles. The fourth-order valence-electron chi connectivity index (χ4n) is 3.77. The first-order chi connectivity index (χ1) is 12.1. The van der Waals surface area contributed by atoms with Gasteiger partial charge in [-0.2, -0.15) is 0 Å². The van der Waals surface area contributed by atoms with Gasteiger partial charge < -0.3 is 14.5 Å². The maximum atomic E-state index is 5.47. The van der Waals surface area contributed by atoms with Gasteiger partial charge >= 0.3 is 0 Å². The van der Waals surface area contributed by atoms with Crippen LogP contribution >= 0.6 is 0 Å². The monoisotopic (exact) mass is 344 g/mol. The molecular formula is C20H32N4O. The molecule has 1 atom stereocenters. The molecule has 0 unspecified atom stereocenters. The molecule has 0 aliphatic carbocycles. The molecule has 2 fully saturated rings. The molecule has 0 radical (unpaired) electrons. The average molecular weight is 345 g/mol. The molecule has 0 saturated carbocycles. The Morgan fingerprint density at radius 3 is 2.80 bits per heavy atom. The fraction of sp³-hybridized carbons (Fsp3) is 0.700. The second kappa shape index (κ2) is 8.77. The van der Waals surface area contributed by atoms with Crippen LogP contribution in [0.2, 0.25) is 0 Å². The highest BCUT2D eigenvalue weighted by molar-refractivity contribution is 5.41. The number of nitrogens with zero attached hydrogens (tertiary/aromatic N) is 4. The van der Waals surface area contributed by atoms with Crippen LogP contribution in [-0.2, 0) is 4.74 Å². The Labute approximate surface area is 152 Å². The van der Waals surface area contributed by atoms with Gasteiger partial charge in [0.25, 0.3) is 0 Å². The van der Waals surface area contributed by atoms with Crippen molar-refractivity contribution in [1.82, 2.24) is 14.9 Å². The number of likely N-dealkylation sites (tertiary alicyclic amines) is 1. The number of anilines is 1. The summed E-state index contributed by atoms with van der Waals surface area (Å²) < 4.78 is 5.47. The van der Waals surface area contributed by atoms with Gasteiger partial charge in [-0.1, -0.05) is 11.6 Å².